The molecule has 0 unspecified atom stereocenters. The molecule has 1 saturated heterocycles. The van der Waals surface area contributed by atoms with Crippen molar-refractivity contribution in [2.75, 3.05) is 19.6 Å². The van der Waals surface area contributed by atoms with Crippen molar-refractivity contribution in [3.8, 4) is 0 Å². The molecule has 0 aromatic carbocycles. The van der Waals surface area contributed by atoms with Gasteiger partial charge in [-0.15, -0.1) is 0 Å². The molecule has 0 aliphatic carbocycles. The third-order valence-corrected chi connectivity index (χ3v) is 5.10. The highest BCUT2D eigenvalue weighted by Crippen LogP contribution is 2.24. The summed E-state index contributed by atoms with van der Waals surface area (Å²) in [5.41, 5.74) is 0. The fourth-order valence-electron chi connectivity index (χ4n) is 2.25. The van der Waals surface area contributed by atoms with Crippen molar-refractivity contribution in [2.24, 2.45) is 0 Å². The van der Waals surface area contributed by atoms with E-state index in [1.807, 2.05) is 13.8 Å². The van der Waals surface area contributed by atoms with Gasteiger partial charge in [0.25, 0.3) is 10.2 Å². The molecule has 19 heavy (non-hydrogen) atoms. The standard InChI is InChI=1S/C11H22N2O5S/c1-3-5-12(6-4-2)19(17,18)13-8-9(14)7-10(13)11(15)16/h9-10,14H,3-8H2,1-2H3,(H,15,16)/t9-,10-/m0/s1. The maximum atomic E-state index is 12.5. The van der Waals surface area contributed by atoms with E-state index < -0.39 is 28.3 Å². The van der Waals surface area contributed by atoms with E-state index in [0.29, 0.717) is 25.9 Å². The number of carboxylic acids is 1. The molecule has 2 atom stereocenters. The van der Waals surface area contributed by atoms with E-state index in [1.54, 1.807) is 0 Å². The molecule has 112 valence electrons. The lowest BCUT2D eigenvalue weighted by Crippen LogP contribution is -2.49. The number of aliphatic hydroxyl groups is 1. The van der Waals surface area contributed by atoms with Crippen LogP contribution in [0.15, 0.2) is 0 Å². The highest BCUT2D eigenvalue weighted by Gasteiger charge is 2.44. The molecule has 0 bridgehead atoms. The summed E-state index contributed by atoms with van der Waals surface area (Å²) < 4.78 is 27.1. The number of rotatable bonds is 7. The molecule has 1 aliphatic rings. The van der Waals surface area contributed by atoms with Gasteiger partial charge in [-0.3, -0.25) is 4.79 Å². The highest BCUT2D eigenvalue weighted by atomic mass is 32.2. The number of β-amino-alcohol motifs (C(OH)–C–C–N with tert-alkyl or cyclic N) is 1. The Morgan fingerprint density at radius 1 is 1.32 bits per heavy atom. The number of carbonyl (C=O) groups is 1. The lowest BCUT2D eigenvalue weighted by molar-refractivity contribution is -0.140. The first-order valence-electron chi connectivity index (χ1n) is 6.52. The van der Waals surface area contributed by atoms with Gasteiger partial charge in [0, 0.05) is 26.1 Å². The first kappa shape index (κ1) is 16.4. The molecule has 1 fully saturated rings. The zero-order chi connectivity index (χ0) is 14.6. The summed E-state index contributed by atoms with van der Waals surface area (Å²) in [6, 6.07) is -1.17. The normalized spacial score (nSPS) is 25.1. The molecule has 1 rings (SSSR count). The minimum atomic E-state index is -3.83. The lowest BCUT2D eigenvalue weighted by atomic mass is 10.2. The highest BCUT2D eigenvalue weighted by molar-refractivity contribution is 7.86. The molecular weight excluding hydrogens is 272 g/mol. The molecule has 0 radical (unpaired) electrons. The second-order valence-electron chi connectivity index (χ2n) is 4.72. The number of nitrogens with zero attached hydrogens (tertiary/aromatic N) is 2. The fourth-order valence-corrected chi connectivity index (χ4v) is 4.23. The summed E-state index contributed by atoms with van der Waals surface area (Å²) >= 11 is 0. The Morgan fingerprint density at radius 2 is 1.84 bits per heavy atom. The largest absolute Gasteiger partial charge is 0.480 e. The molecule has 0 aromatic heterocycles. The third-order valence-electron chi connectivity index (χ3n) is 3.09. The number of hydrogen-bond donors (Lipinski definition) is 2. The summed E-state index contributed by atoms with van der Waals surface area (Å²) in [6.45, 7) is 4.30. The van der Waals surface area contributed by atoms with Gasteiger partial charge in [0.2, 0.25) is 0 Å². The molecule has 1 aliphatic heterocycles. The van der Waals surface area contributed by atoms with E-state index in [2.05, 4.69) is 0 Å². The molecule has 0 amide bonds. The lowest BCUT2D eigenvalue weighted by Gasteiger charge is -2.28. The minimum Gasteiger partial charge on any atom is -0.480 e. The van der Waals surface area contributed by atoms with Gasteiger partial charge in [0.05, 0.1) is 6.10 Å². The van der Waals surface area contributed by atoms with Crippen molar-refractivity contribution in [3.63, 3.8) is 0 Å². The number of aliphatic hydroxyl groups excluding tert-OH is 1. The molecular formula is C11H22N2O5S. The zero-order valence-electron chi connectivity index (χ0n) is 11.3. The van der Waals surface area contributed by atoms with Crippen LogP contribution in [0.25, 0.3) is 0 Å². The number of carboxylic acid groups (broad SMARTS) is 1. The molecule has 1 heterocycles. The van der Waals surface area contributed by atoms with Crippen LogP contribution >= 0.6 is 0 Å². The van der Waals surface area contributed by atoms with E-state index in [0.717, 1.165) is 4.31 Å². The Morgan fingerprint density at radius 3 is 2.26 bits per heavy atom. The second-order valence-corrected chi connectivity index (χ2v) is 6.60. The average molecular weight is 294 g/mol. The van der Waals surface area contributed by atoms with Crippen LogP contribution in [0.5, 0.6) is 0 Å². The first-order chi connectivity index (χ1) is 8.84. The van der Waals surface area contributed by atoms with Gasteiger partial charge in [0.1, 0.15) is 6.04 Å². The van der Waals surface area contributed by atoms with E-state index >= 15 is 0 Å². The van der Waals surface area contributed by atoms with E-state index in [4.69, 9.17) is 5.11 Å². The Bertz CT molecular complexity index is 405. The average Bonchev–Trinajstić information content (AvgIpc) is 2.72. The smallest absolute Gasteiger partial charge is 0.322 e. The molecule has 0 spiro atoms. The summed E-state index contributed by atoms with van der Waals surface area (Å²) in [4.78, 5) is 11.1. The Hall–Kier alpha value is -0.700. The van der Waals surface area contributed by atoms with Gasteiger partial charge in [0.15, 0.2) is 0 Å². The number of hydrogen-bond acceptors (Lipinski definition) is 4. The van der Waals surface area contributed by atoms with Crippen LogP contribution in [0.3, 0.4) is 0 Å². The predicted molar refractivity (Wildman–Crippen MR) is 69.8 cm³/mol. The van der Waals surface area contributed by atoms with Crippen LogP contribution in [0.1, 0.15) is 33.1 Å². The fraction of sp³-hybridized carbons (Fsp3) is 0.909. The van der Waals surface area contributed by atoms with Crippen molar-refractivity contribution >= 4 is 16.2 Å². The van der Waals surface area contributed by atoms with Crippen LogP contribution in [-0.4, -0.2) is 65.0 Å². The van der Waals surface area contributed by atoms with E-state index in [9.17, 15) is 18.3 Å². The molecule has 8 heteroatoms. The topological polar surface area (TPSA) is 98.2 Å². The summed E-state index contributed by atoms with van der Waals surface area (Å²) in [7, 11) is -3.83. The van der Waals surface area contributed by atoms with E-state index in [-0.39, 0.29) is 13.0 Å². The monoisotopic (exact) mass is 294 g/mol. The van der Waals surface area contributed by atoms with Crippen LogP contribution in [-0.2, 0) is 15.0 Å². The quantitative estimate of drug-likeness (QED) is 0.682. The van der Waals surface area contributed by atoms with Gasteiger partial charge in [-0.25, -0.2) is 0 Å². The molecule has 0 saturated carbocycles. The Labute approximate surface area is 114 Å². The SMILES string of the molecule is CCCN(CCC)S(=O)(=O)N1C[C@@H](O)C[C@H]1C(=O)O. The van der Waals surface area contributed by atoms with Gasteiger partial charge < -0.3 is 10.2 Å². The molecule has 0 aromatic rings. The second kappa shape index (κ2) is 6.65. The van der Waals surface area contributed by atoms with Crippen molar-refractivity contribution in [1.29, 1.82) is 0 Å². The van der Waals surface area contributed by atoms with Crippen molar-refractivity contribution in [3.05, 3.63) is 0 Å². The summed E-state index contributed by atoms with van der Waals surface area (Å²) in [5.74, 6) is -1.21. The molecule has 2 N–H and O–H groups in total. The number of aliphatic carboxylic acids is 1. The maximum absolute atomic E-state index is 12.5. The van der Waals surface area contributed by atoms with Crippen LogP contribution in [0.2, 0.25) is 0 Å². The maximum Gasteiger partial charge on any atom is 0.322 e. The van der Waals surface area contributed by atoms with Gasteiger partial charge in [-0.2, -0.15) is 17.0 Å². The first-order valence-corrected chi connectivity index (χ1v) is 7.92. The summed E-state index contributed by atoms with van der Waals surface area (Å²) in [5, 5.41) is 18.6. The molecule has 7 nitrogen and oxygen atoms in total. The van der Waals surface area contributed by atoms with Crippen LogP contribution in [0.4, 0.5) is 0 Å². The zero-order valence-corrected chi connectivity index (χ0v) is 12.1. The predicted octanol–water partition coefficient (Wildman–Crippen LogP) is -0.127. The van der Waals surface area contributed by atoms with Crippen molar-refractivity contribution < 1.29 is 23.4 Å². The van der Waals surface area contributed by atoms with Crippen LogP contribution < -0.4 is 0 Å². The van der Waals surface area contributed by atoms with Gasteiger partial charge in [-0.1, -0.05) is 13.8 Å². The van der Waals surface area contributed by atoms with Gasteiger partial charge >= 0.3 is 5.97 Å². The summed E-state index contributed by atoms with van der Waals surface area (Å²) in [6.07, 6.45) is 0.349. The Kier molecular flexibility index (Phi) is 5.72. The van der Waals surface area contributed by atoms with Crippen molar-refractivity contribution in [2.45, 2.75) is 45.3 Å². The van der Waals surface area contributed by atoms with Gasteiger partial charge in [-0.05, 0) is 12.8 Å². The van der Waals surface area contributed by atoms with Crippen molar-refractivity contribution in [1.82, 2.24) is 8.61 Å². The van der Waals surface area contributed by atoms with Crippen LogP contribution in [0, 0.1) is 0 Å². The van der Waals surface area contributed by atoms with E-state index in [1.165, 1.54) is 4.31 Å². The Balaban J connectivity index is 2.99. The third kappa shape index (κ3) is 3.65. The minimum absolute atomic E-state index is 0.0549.